The highest BCUT2D eigenvalue weighted by atomic mass is 16.4. The number of para-hydroxylation sites is 1. The smallest absolute Gasteiger partial charge is 0.326 e. The summed E-state index contributed by atoms with van der Waals surface area (Å²) < 4.78 is 0. The van der Waals surface area contributed by atoms with Crippen molar-refractivity contribution in [3.05, 3.63) is 35.5 Å². The minimum atomic E-state index is -0.988. The highest BCUT2D eigenvalue weighted by Crippen LogP contribution is 2.21. The number of benzene rings is 1. The van der Waals surface area contributed by atoms with E-state index in [1.165, 1.54) is 0 Å². The van der Waals surface area contributed by atoms with Crippen LogP contribution in [0.3, 0.4) is 0 Å². The van der Waals surface area contributed by atoms with Crippen molar-refractivity contribution in [2.75, 3.05) is 0 Å². The van der Waals surface area contributed by atoms with Gasteiger partial charge in [0.15, 0.2) is 0 Å². The van der Waals surface area contributed by atoms with Gasteiger partial charge in [0.25, 0.3) is 0 Å². The molecule has 1 aromatic heterocycles. The Labute approximate surface area is 129 Å². The van der Waals surface area contributed by atoms with Crippen LogP contribution in [0, 0.1) is 12.8 Å². The first-order chi connectivity index (χ1) is 10.4. The quantitative estimate of drug-likeness (QED) is 0.767. The average Bonchev–Trinajstić information content (AvgIpc) is 2.88. The van der Waals surface area contributed by atoms with Crippen LogP contribution in [0.1, 0.15) is 31.4 Å². The fourth-order valence-corrected chi connectivity index (χ4v) is 2.59. The first-order valence-corrected chi connectivity index (χ1v) is 7.51. The van der Waals surface area contributed by atoms with Crippen LogP contribution < -0.4 is 5.32 Å². The monoisotopic (exact) mass is 302 g/mol. The predicted molar refractivity (Wildman–Crippen MR) is 85.8 cm³/mol. The van der Waals surface area contributed by atoms with Gasteiger partial charge < -0.3 is 15.4 Å². The highest BCUT2D eigenvalue weighted by Gasteiger charge is 2.25. The number of hydrogen-bond donors (Lipinski definition) is 3. The number of amides is 1. The molecular formula is C17H22N2O3. The second kappa shape index (κ2) is 6.64. The van der Waals surface area contributed by atoms with Gasteiger partial charge in [-0.1, -0.05) is 38.5 Å². The van der Waals surface area contributed by atoms with Crippen molar-refractivity contribution in [3.8, 4) is 0 Å². The van der Waals surface area contributed by atoms with Crippen molar-refractivity contribution in [2.24, 2.45) is 5.92 Å². The van der Waals surface area contributed by atoms with Crippen LogP contribution in [0.25, 0.3) is 10.9 Å². The van der Waals surface area contributed by atoms with Crippen LogP contribution in [0.5, 0.6) is 0 Å². The molecule has 1 amide bonds. The van der Waals surface area contributed by atoms with E-state index in [1.807, 2.05) is 45.2 Å². The van der Waals surface area contributed by atoms with Gasteiger partial charge in [-0.05, 0) is 24.0 Å². The van der Waals surface area contributed by atoms with E-state index >= 15 is 0 Å². The first-order valence-electron chi connectivity index (χ1n) is 7.51. The second-order valence-electron chi connectivity index (χ2n) is 5.76. The first kappa shape index (κ1) is 16.1. The number of carbonyl (C=O) groups excluding carboxylic acids is 1. The Morgan fingerprint density at radius 2 is 2.09 bits per heavy atom. The molecule has 0 fully saturated rings. The minimum Gasteiger partial charge on any atom is -0.480 e. The summed E-state index contributed by atoms with van der Waals surface area (Å²) in [5.74, 6) is -1.36. The lowest BCUT2D eigenvalue weighted by molar-refractivity contribution is -0.143. The summed E-state index contributed by atoms with van der Waals surface area (Å²) in [6.45, 7) is 5.75. The number of carbonyl (C=O) groups is 2. The third kappa shape index (κ3) is 3.30. The van der Waals surface area contributed by atoms with E-state index < -0.39 is 12.0 Å². The van der Waals surface area contributed by atoms with Gasteiger partial charge in [-0.3, -0.25) is 4.79 Å². The Morgan fingerprint density at radius 1 is 1.36 bits per heavy atom. The summed E-state index contributed by atoms with van der Waals surface area (Å²) in [5.41, 5.74) is 3.01. The summed E-state index contributed by atoms with van der Waals surface area (Å²) in [5, 5.41) is 12.9. The Balaban J connectivity index is 2.14. The van der Waals surface area contributed by atoms with Gasteiger partial charge in [0.1, 0.15) is 6.04 Å². The van der Waals surface area contributed by atoms with E-state index in [0.29, 0.717) is 6.42 Å². The van der Waals surface area contributed by atoms with Gasteiger partial charge in [0.05, 0.1) is 6.42 Å². The predicted octanol–water partition coefficient (Wildman–Crippen LogP) is 2.63. The van der Waals surface area contributed by atoms with Crippen molar-refractivity contribution < 1.29 is 14.7 Å². The Bertz CT molecular complexity index is 690. The highest BCUT2D eigenvalue weighted by molar-refractivity contribution is 5.91. The fraction of sp³-hybridized carbons (Fsp3) is 0.412. The van der Waals surface area contributed by atoms with E-state index in [9.17, 15) is 14.7 Å². The number of carboxylic acid groups (broad SMARTS) is 1. The molecule has 0 saturated heterocycles. The van der Waals surface area contributed by atoms with E-state index in [4.69, 9.17) is 0 Å². The molecular weight excluding hydrogens is 280 g/mol. The zero-order valence-corrected chi connectivity index (χ0v) is 13.1. The molecule has 3 N–H and O–H groups in total. The van der Waals surface area contributed by atoms with Crippen LogP contribution >= 0.6 is 0 Å². The van der Waals surface area contributed by atoms with Gasteiger partial charge in [-0.15, -0.1) is 0 Å². The SMILES string of the molecule is CCC(C)C(NC(=O)Cc1c[nH]c2c(C)cccc12)C(=O)O. The molecule has 0 aliphatic heterocycles. The largest absolute Gasteiger partial charge is 0.480 e. The van der Waals surface area contributed by atoms with Crippen molar-refractivity contribution in [1.82, 2.24) is 10.3 Å². The Hall–Kier alpha value is -2.30. The van der Waals surface area contributed by atoms with Crippen LogP contribution in [-0.4, -0.2) is 28.0 Å². The van der Waals surface area contributed by atoms with E-state index in [2.05, 4.69) is 10.3 Å². The number of aromatic amines is 1. The van der Waals surface area contributed by atoms with Crippen molar-refractivity contribution in [1.29, 1.82) is 0 Å². The number of H-pyrrole nitrogens is 1. The number of aryl methyl sites for hydroxylation is 1. The summed E-state index contributed by atoms with van der Waals surface area (Å²) in [6, 6.07) is 5.08. The van der Waals surface area contributed by atoms with Crippen LogP contribution in [0.2, 0.25) is 0 Å². The van der Waals surface area contributed by atoms with E-state index in [-0.39, 0.29) is 18.2 Å². The van der Waals surface area contributed by atoms with E-state index in [0.717, 1.165) is 22.0 Å². The summed E-state index contributed by atoms with van der Waals surface area (Å²) in [4.78, 5) is 26.6. The van der Waals surface area contributed by atoms with Gasteiger partial charge in [0.2, 0.25) is 5.91 Å². The number of carboxylic acids is 1. The molecule has 0 aliphatic rings. The number of hydrogen-bond acceptors (Lipinski definition) is 2. The lowest BCUT2D eigenvalue weighted by Gasteiger charge is -2.20. The molecule has 2 aromatic rings. The van der Waals surface area contributed by atoms with Gasteiger partial charge in [-0.25, -0.2) is 4.79 Å². The molecule has 0 bridgehead atoms. The maximum Gasteiger partial charge on any atom is 0.326 e. The number of aliphatic carboxylic acids is 1. The zero-order valence-electron chi connectivity index (χ0n) is 13.1. The molecule has 2 unspecified atom stereocenters. The molecule has 5 nitrogen and oxygen atoms in total. The summed E-state index contributed by atoms with van der Waals surface area (Å²) in [7, 11) is 0. The van der Waals surface area contributed by atoms with Gasteiger partial charge >= 0.3 is 5.97 Å². The third-order valence-electron chi connectivity index (χ3n) is 4.16. The van der Waals surface area contributed by atoms with Gasteiger partial charge in [-0.2, -0.15) is 0 Å². The molecule has 0 spiro atoms. The maximum atomic E-state index is 12.2. The average molecular weight is 302 g/mol. The van der Waals surface area contributed by atoms with Gasteiger partial charge in [0, 0.05) is 17.1 Å². The molecule has 1 aromatic carbocycles. The lowest BCUT2D eigenvalue weighted by atomic mass is 9.99. The number of aromatic nitrogens is 1. The zero-order chi connectivity index (χ0) is 16.3. The Kier molecular flexibility index (Phi) is 4.85. The van der Waals surface area contributed by atoms with Crippen molar-refractivity contribution in [3.63, 3.8) is 0 Å². The van der Waals surface area contributed by atoms with Crippen LogP contribution in [-0.2, 0) is 16.0 Å². The normalized spacial score (nSPS) is 13.8. The summed E-state index contributed by atoms with van der Waals surface area (Å²) >= 11 is 0. The number of nitrogens with one attached hydrogen (secondary N) is 2. The second-order valence-corrected chi connectivity index (χ2v) is 5.76. The van der Waals surface area contributed by atoms with Crippen molar-refractivity contribution in [2.45, 2.75) is 39.7 Å². The minimum absolute atomic E-state index is 0.105. The molecule has 0 aliphatic carbocycles. The topological polar surface area (TPSA) is 82.2 Å². The molecule has 22 heavy (non-hydrogen) atoms. The number of fused-ring (bicyclic) bond motifs is 1. The Morgan fingerprint density at radius 3 is 2.73 bits per heavy atom. The number of rotatable bonds is 6. The molecule has 5 heteroatoms. The van der Waals surface area contributed by atoms with Crippen LogP contribution in [0.15, 0.2) is 24.4 Å². The van der Waals surface area contributed by atoms with Crippen LogP contribution in [0.4, 0.5) is 0 Å². The third-order valence-corrected chi connectivity index (χ3v) is 4.16. The lowest BCUT2D eigenvalue weighted by Crippen LogP contribution is -2.45. The van der Waals surface area contributed by atoms with E-state index in [1.54, 1.807) is 0 Å². The standard InChI is InChI=1S/C17H22N2O3/c1-4-10(2)16(17(21)22)19-14(20)8-12-9-18-15-11(3)6-5-7-13(12)15/h5-7,9-10,16,18H,4,8H2,1-3H3,(H,19,20)(H,21,22). The summed E-state index contributed by atoms with van der Waals surface area (Å²) in [6.07, 6.45) is 2.68. The fourth-order valence-electron chi connectivity index (χ4n) is 2.59. The maximum absolute atomic E-state index is 12.2. The molecule has 2 atom stereocenters. The molecule has 0 radical (unpaired) electrons. The molecule has 0 saturated carbocycles. The van der Waals surface area contributed by atoms with Crippen molar-refractivity contribution >= 4 is 22.8 Å². The molecule has 118 valence electrons. The molecule has 1 heterocycles. The molecule has 2 rings (SSSR count).